The first-order valence-corrected chi connectivity index (χ1v) is 11.2. The first-order chi connectivity index (χ1) is 14.8. The Labute approximate surface area is 217 Å². The van der Waals surface area contributed by atoms with E-state index in [1.165, 1.54) is 29.7 Å². The van der Waals surface area contributed by atoms with Crippen LogP contribution in [-0.2, 0) is 23.9 Å². The zero-order valence-corrected chi connectivity index (χ0v) is 21.1. The van der Waals surface area contributed by atoms with Crippen LogP contribution >= 0.6 is 34.9 Å². The van der Waals surface area contributed by atoms with Gasteiger partial charge in [-0.15, -0.1) is 23.1 Å². The maximum absolute atomic E-state index is 12.6. The van der Waals surface area contributed by atoms with Crippen molar-refractivity contribution in [2.45, 2.75) is 11.4 Å². The normalized spacial score (nSPS) is 20.3. The Kier molecular flexibility index (Phi) is 9.18. The zero-order chi connectivity index (χ0) is 22.7. The van der Waals surface area contributed by atoms with Gasteiger partial charge in [0.15, 0.2) is 10.8 Å². The number of anilines is 1. The number of nitrogens with two attached hydrogens (primary N) is 1. The van der Waals surface area contributed by atoms with E-state index in [-0.39, 0.29) is 53.3 Å². The molecular formula is C16H16N5NaO7S3. The molecule has 12 nitrogen and oxygen atoms in total. The van der Waals surface area contributed by atoms with E-state index in [0.29, 0.717) is 4.91 Å². The van der Waals surface area contributed by atoms with Gasteiger partial charge in [-0.3, -0.25) is 14.5 Å². The number of carbonyl (C=O) groups is 4. The van der Waals surface area contributed by atoms with Crippen LogP contribution in [0, 0.1) is 0 Å². The molecule has 0 aliphatic carbocycles. The molecule has 3 heterocycles. The van der Waals surface area contributed by atoms with Crippen molar-refractivity contribution in [3.05, 3.63) is 33.2 Å². The second-order valence-electron chi connectivity index (χ2n) is 5.90. The Hall–Kier alpha value is -2.04. The molecule has 2 aliphatic rings. The molecule has 0 saturated carbocycles. The SMILES string of the molecule is COC(=O)/C=C\SC1=C(C(=O)O)N2C(=O)[C@@H](NC(=O)/C(=N\O)c3csc(N)n3)[C@H]2SC1.[H-].[Na+]. The summed E-state index contributed by atoms with van der Waals surface area (Å²) in [4.78, 5) is 53.4. The maximum atomic E-state index is 12.6. The van der Waals surface area contributed by atoms with E-state index < -0.39 is 40.9 Å². The summed E-state index contributed by atoms with van der Waals surface area (Å²) >= 11 is 3.27. The summed E-state index contributed by atoms with van der Waals surface area (Å²) in [6.45, 7) is 0. The van der Waals surface area contributed by atoms with E-state index in [0.717, 1.165) is 34.1 Å². The third-order valence-electron chi connectivity index (χ3n) is 4.12. The molecule has 2 atom stereocenters. The fourth-order valence-electron chi connectivity index (χ4n) is 2.74. The standard InChI is InChI=1S/C16H15N5O7S3.Na.H/c1-28-8(22)2-3-29-7-5-30-14-10(13(24)21(14)11(7)15(25)26)19-12(23)9(20-27)6-4-31-16(17)18-6;;/h2-4,10,14,27H,5H2,1H3,(H2,17,18)(H,19,23)(H,25,26);;/q;+1;-1/b3-2-,20-9-;;/t10-,14-;;/m1../s1. The number of β-lactam (4-membered cyclic amide) rings is 1. The van der Waals surface area contributed by atoms with Crippen molar-refractivity contribution < 1.29 is 65.2 Å². The molecule has 1 aromatic heterocycles. The van der Waals surface area contributed by atoms with Crippen molar-refractivity contribution in [3.8, 4) is 0 Å². The molecular weight excluding hydrogens is 493 g/mol. The number of oxime groups is 1. The number of hydrogen-bond donors (Lipinski definition) is 4. The van der Waals surface area contributed by atoms with Crippen LogP contribution in [-0.4, -0.2) is 73.9 Å². The number of ether oxygens (including phenoxy) is 1. The number of aromatic nitrogens is 1. The summed E-state index contributed by atoms with van der Waals surface area (Å²) in [6.07, 6.45) is 1.13. The smallest absolute Gasteiger partial charge is 1.00 e. The molecule has 1 saturated heterocycles. The number of carbonyl (C=O) groups excluding carboxylic acids is 3. The molecule has 1 fully saturated rings. The van der Waals surface area contributed by atoms with Crippen molar-refractivity contribution in [3.63, 3.8) is 0 Å². The summed E-state index contributed by atoms with van der Waals surface area (Å²) in [5.74, 6) is -3.16. The molecule has 1 aromatic rings. The Morgan fingerprint density at radius 3 is 2.78 bits per heavy atom. The molecule has 0 spiro atoms. The number of hydrogen-bond acceptors (Lipinski definition) is 12. The van der Waals surface area contributed by atoms with Crippen molar-refractivity contribution >= 4 is 69.5 Å². The molecule has 0 aromatic carbocycles. The Balaban J connectivity index is 0.00000272. The Morgan fingerprint density at radius 1 is 1.50 bits per heavy atom. The quantitative estimate of drug-likeness (QED) is 0.0564. The second kappa shape index (κ2) is 11.2. The van der Waals surface area contributed by atoms with Crippen LogP contribution in [0.15, 0.2) is 32.6 Å². The topological polar surface area (TPSA) is 185 Å². The average Bonchev–Trinajstić information content (AvgIpc) is 3.17. The van der Waals surface area contributed by atoms with Gasteiger partial charge in [0, 0.05) is 22.1 Å². The molecule has 16 heteroatoms. The number of thiazole rings is 1. The van der Waals surface area contributed by atoms with Gasteiger partial charge in [-0.2, -0.15) is 0 Å². The number of methoxy groups -OCH3 is 1. The van der Waals surface area contributed by atoms with Gasteiger partial charge in [0.25, 0.3) is 11.8 Å². The van der Waals surface area contributed by atoms with Crippen LogP contribution in [0.25, 0.3) is 0 Å². The number of fused-ring (bicyclic) bond motifs is 1. The van der Waals surface area contributed by atoms with Gasteiger partial charge >= 0.3 is 41.5 Å². The number of carboxylic acids is 1. The van der Waals surface area contributed by atoms with E-state index in [1.807, 2.05) is 0 Å². The molecule has 5 N–H and O–H groups in total. The number of nitrogens with one attached hydrogen (secondary N) is 1. The van der Waals surface area contributed by atoms with Crippen LogP contribution in [0.5, 0.6) is 0 Å². The minimum Gasteiger partial charge on any atom is -1.00 e. The maximum Gasteiger partial charge on any atom is 1.00 e. The fraction of sp³-hybridized carbons (Fsp3) is 0.250. The van der Waals surface area contributed by atoms with Gasteiger partial charge in [-0.05, 0) is 5.41 Å². The van der Waals surface area contributed by atoms with Crippen molar-refractivity contribution in [1.29, 1.82) is 0 Å². The second-order valence-corrected chi connectivity index (χ2v) is 8.90. The molecule has 2 amide bonds. The van der Waals surface area contributed by atoms with Gasteiger partial charge in [0.2, 0.25) is 0 Å². The minimum atomic E-state index is -1.31. The number of rotatable bonds is 7. The van der Waals surface area contributed by atoms with Gasteiger partial charge in [-0.25, -0.2) is 14.6 Å². The van der Waals surface area contributed by atoms with E-state index >= 15 is 0 Å². The first-order valence-electron chi connectivity index (χ1n) is 8.35. The van der Waals surface area contributed by atoms with E-state index in [2.05, 4.69) is 20.2 Å². The van der Waals surface area contributed by atoms with Crippen molar-refractivity contribution in [2.75, 3.05) is 18.6 Å². The van der Waals surface area contributed by atoms with Crippen LogP contribution in [0.1, 0.15) is 7.12 Å². The van der Waals surface area contributed by atoms with Crippen LogP contribution in [0.2, 0.25) is 0 Å². The van der Waals surface area contributed by atoms with E-state index in [4.69, 9.17) is 5.73 Å². The van der Waals surface area contributed by atoms with Gasteiger partial charge in [0.05, 0.1) is 7.11 Å². The number of aliphatic carboxylic acids is 1. The number of nitrogen functional groups attached to an aromatic ring is 1. The number of nitrogens with zero attached hydrogens (tertiary/aromatic N) is 3. The van der Waals surface area contributed by atoms with Gasteiger partial charge < -0.3 is 27.5 Å². The number of esters is 1. The van der Waals surface area contributed by atoms with Crippen LogP contribution in [0.3, 0.4) is 0 Å². The van der Waals surface area contributed by atoms with Crippen LogP contribution < -0.4 is 40.6 Å². The molecule has 0 radical (unpaired) electrons. The summed E-state index contributed by atoms with van der Waals surface area (Å²) in [6, 6.07) is -1.02. The number of amides is 2. The molecule has 166 valence electrons. The van der Waals surface area contributed by atoms with E-state index in [1.54, 1.807) is 0 Å². The molecule has 3 rings (SSSR count). The third kappa shape index (κ3) is 5.29. The van der Waals surface area contributed by atoms with Gasteiger partial charge in [-0.1, -0.05) is 16.9 Å². The predicted octanol–water partition coefficient (Wildman–Crippen LogP) is -2.86. The number of thioether (sulfide) groups is 2. The van der Waals surface area contributed by atoms with Crippen molar-refractivity contribution in [1.82, 2.24) is 15.2 Å². The first kappa shape index (κ1) is 26.2. The van der Waals surface area contributed by atoms with Crippen molar-refractivity contribution in [2.24, 2.45) is 5.16 Å². The monoisotopic (exact) mass is 509 g/mol. The molecule has 32 heavy (non-hydrogen) atoms. The Morgan fingerprint density at radius 2 is 2.22 bits per heavy atom. The summed E-state index contributed by atoms with van der Waals surface area (Å²) in [5.41, 5.74) is 4.92. The summed E-state index contributed by atoms with van der Waals surface area (Å²) < 4.78 is 4.47. The van der Waals surface area contributed by atoms with Gasteiger partial charge in [0.1, 0.15) is 22.8 Å². The molecule has 0 bridgehead atoms. The van der Waals surface area contributed by atoms with E-state index in [9.17, 15) is 29.5 Å². The van der Waals surface area contributed by atoms with Crippen LogP contribution in [0.4, 0.5) is 5.13 Å². The predicted molar refractivity (Wildman–Crippen MR) is 114 cm³/mol. The third-order valence-corrected chi connectivity index (χ3v) is 7.15. The zero-order valence-electron chi connectivity index (χ0n) is 17.7. The Bertz CT molecular complexity index is 1050. The minimum absolute atomic E-state index is 0. The summed E-state index contributed by atoms with van der Waals surface area (Å²) in [7, 11) is 1.21. The molecule has 2 aliphatic heterocycles. The summed E-state index contributed by atoms with van der Waals surface area (Å²) in [5, 5.41) is 26.5. The molecule has 0 unspecified atom stereocenters. The largest absolute Gasteiger partial charge is 1.00 e. The fourth-order valence-corrected chi connectivity index (χ4v) is 5.60. The number of carboxylic acid groups (broad SMARTS) is 1. The average molecular weight is 510 g/mol.